The average Bonchev–Trinajstić information content (AvgIpc) is 2.19. The molecule has 1 rings (SSSR count). The summed E-state index contributed by atoms with van der Waals surface area (Å²) in [4.78, 5) is 11.2. The first-order valence-corrected chi connectivity index (χ1v) is 5.45. The van der Waals surface area contributed by atoms with E-state index in [4.69, 9.17) is 4.74 Å². The lowest BCUT2D eigenvalue weighted by Gasteiger charge is -2.12. The van der Waals surface area contributed by atoms with Crippen LogP contribution in [0.1, 0.15) is 32.3 Å². The van der Waals surface area contributed by atoms with E-state index in [0.29, 0.717) is 6.42 Å². The largest absolute Gasteiger partial charge is 0.462 e. The Bertz CT molecular complexity index is 293. The number of esters is 1. The van der Waals surface area contributed by atoms with Gasteiger partial charge in [0.15, 0.2) is 0 Å². The van der Waals surface area contributed by atoms with Crippen molar-refractivity contribution in [2.24, 2.45) is 0 Å². The van der Waals surface area contributed by atoms with Crippen molar-refractivity contribution in [2.45, 2.75) is 39.2 Å². The van der Waals surface area contributed by atoms with Gasteiger partial charge in [-0.15, -0.1) is 0 Å². The number of benzene rings is 1. The van der Waals surface area contributed by atoms with Gasteiger partial charge >= 0.3 is 5.97 Å². The Morgan fingerprint density at radius 1 is 1.33 bits per heavy atom. The van der Waals surface area contributed by atoms with E-state index in [9.17, 15) is 4.79 Å². The number of rotatable bonds is 5. The van der Waals surface area contributed by atoms with Crippen LogP contribution in [0, 0.1) is 0 Å². The Balaban J connectivity index is 2.36. The van der Waals surface area contributed by atoms with Crippen LogP contribution >= 0.6 is 0 Å². The van der Waals surface area contributed by atoms with Crippen molar-refractivity contribution in [1.82, 2.24) is 0 Å². The van der Waals surface area contributed by atoms with E-state index in [-0.39, 0.29) is 12.1 Å². The lowest BCUT2D eigenvalue weighted by atomic mass is 10.1. The van der Waals surface area contributed by atoms with Crippen molar-refractivity contribution in [3.05, 3.63) is 35.9 Å². The van der Waals surface area contributed by atoms with Gasteiger partial charge in [0.2, 0.25) is 0 Å². The zero-order chi connectivity index (χ0) is 11.1. The number of carbonyl (C=O) groups is 1. The Morgan fingerprint density at radius 2 is 2.00 bits per heavy atom. The van der Waals surface area contributed by atoms with Gasteiger partial charge in [-0.05, 0) is 18.9 Å². The van der Waals surface area contributed by atoms with Crippen molar-refractivity contribution in [3.63, 3.8) is 0 Å². The molecule has 0 aliphatic heterocycles. The van der Waals surface area contributed by atoms with Crippen LogP contribution in [-0.4, -0.2) is 12.1 Å². The van der Waals surface area contributed by atoms with Crippen molar-refractivity contribution in [1.29, 1.82) is 0 Å². The van der Waals surface area contributed by atoms with Crippen LogP contribution in [0.2, 0.25) is 0 Å². The van der Waals surface area contributed by atoms with E-state index in [2.05, 4.69) is 0 Å². The summed E-state index contributed by atoms with van der Waals surface area (Å²) in [7, 11) is 0. The fourth-order valence-corrected chi connectivity index (χ4v) is 1.48. The van der Waals surface area contributed by atoms with Crippen LogP contribution in [0.4, 0.5) is 0 Å². The van der Waals surface area contributed by atoms with Gasteiger partial charge in [0.25, 0.3) is 0 Å². The predicted octanol–water partition coefficient (Wildman–Crippen LogP) is 2.96. The maximum Gasteiger partial charge on any atom is 0.306 e. The van der Waals surface area contributed by atoms with Crippen molar-refractivity contribution >= 4 is 5.97 Å². The average molecular weight is 206 g/mol. The maximum atomic E-state index is 11.2. The molecule has 0 radical (unpaired) electrons. The molecule has 0 amide bonds. The molecule has 2 heteroatoms. The fraction of sp³-hybridized carbons (Fsp3) is 0.462. The Morgan fingerprint density at radius 3 is 2.60 bits per heavy atom. The van der Waals surface area contributed by atoms with E-state index in [1.54, 1.807) is 0 Å². The molecule has 0 saturated carbocycles. The van der Waals surface area contributed by atoms with Gasteiger partial charge in [0.05, 0.1) is 0 Å². The molecule has 0 aromatic heterocycles. The third kappa shape index (κ3) is 4.63. The third-order valence-corrected chi connectivity index (χ3v) is 2.15. The summed E-state index contributed by atoms with van der Waals surface area (Å²) in [6, 6.07) is 10.1. The minimum atomic E-state index is -0.0964. The lowest BCUT2D eigenvalue weighted by Crippen LogP contribution is -2.16. The molecule has 0 N–H and O–H groups in total. The van der Waals surface area contributed by atoms with Gasteiger partial charge in [-0.25, -0.2) is 0 Å². The Kier molecular flexibility index (Phi) is 4.88. The standard InChI is InChI=1S/C13H18O2/c1-3-7-13(14)15-11(2)10-12-8-5-4-6-9-12/h4-6,8-9,11H,3,7,10H2,1-2H3. The summed E-state index contributed by atoms with van der Waals surface area (Å²) >= 11 is 0. The molecule has 1 atom stereocenters. The number of ether oxygens (including phenoxy) is 1. The summed E-state index contributed by atoms with van der Waals surface area (Å²) in [5.41, 5.74) is 1.20. The van der Waals surface area contributed by atoms with E-state index in [1.165, 1.54) is 5.56 Å². The van der Waals surface area contributed by atoms with Crippen LogP contribution in [0.5, 0.6) is 0 Å². The first kappa shape index (κ1) is 11.8. The highest BCUT2D eigenvalue weighted by Gasteiger charge is 2.08. The second-order valence-electron chi connectivity index (χ2n) is 3.74. The molecule has 0 spiro atoms. The van der Waals surface area contributed by atoms with Crippen LogP contribution in [0.15, 0.2) is 30.3 Å². The summed E-state index contributed by atoms with van der Waals surface area (Å²) in [5, 5.41) is 0. The normalized spacial score (nSPS) is 12.1. The van der Waals surface area contributed by atoms with Gasteiger partial charge in [-0.1, -0.05) is 37.3 Å². The molecular formula is C13H18O2. The number of hydrogen-bond acceptors (Lipinski definition) is 2. The molecule has 0 aliphatic rings. The zero-order valence-corrected chi connectivity index (χ0v) is 9.40. The zero-order valence-electron chi connectivity index (χ0n) is 9.40. The maximum absolute atomic E-state index is 11.2. The topological polar surface area (TPSA) is 26.3 Å². The predicted molar refractivity (Wildman–Crippen MR) is 60.6 cm³/mol. The first-order chi connectivity index (χ1) is 7.22. The minimum absolute atomic E-state index is 0.0357. The highest BCUT2D eigenvalue weighted by Crippen LogP contribution is 2.06. The fourth-order valence-electron chi connectivity index (χ4n) is 1.48. The molecule has 0 heterocycles. The highest BCUT2D eigenvalue weighted by atomic mass is 16.5. The van der Waals surface area contributed by atoms with Crippen LogP contribution < -0.4 is 0 Å². The van der Waals surface area contributed by atoms with Crippen LogP contribution in [0.3, 0.4) is 0 Å². The molecule has 2 nitrogen and oxygen atoms in total. The molecule has 0 bridgehead atoms. The molecule has 0 fully saturated rings. The van der Waals surface area contributed by atoms with Gasteiger partial charge in [0, 0.05) is 12.8 Å². The Labute approximate surface area is 91.3 Å². The number of hydrogen-bond donors (Lipinski definition) is 0. The molecule has 0 saturated heterocycles. The SMILES string of the molecule is CCCC(=O)OC(C)Cc1ccccc1. The molecular weight excluding hydrogens is 188 g/mol. The summed E-state index contributed by atoms with van der Waals surface area (Å²) < 4.78 is 5.26. The van der Waals surface area contributed by atoms with Crippen molar-refractivity contribution in [3.8, 4) is 0 Å². The highest BCUT2D eigenvalue weighted by molar-refractivity contribution is 5.69. The van der Waals surface area contributed by atoms with Crippen molar-refractivity contribution in [2.75, 3.05) is 0 Å². The van der Waals surface area contributed by atoms with Crippen LogP contribution in [0.25, 0.3) is 0 Å². The number of carbonyl (C=O) groups excluding carboxylic acids is 1. The van der Waals surface area contributed by atoms with Gasteiger partial charge in [-0.3, -0.25) is 4.79 Å². The van der Waals surface area contributed by atoms with E-state index >= 15 is 0 Å². The third-order valence-electron chi connectivity index (χ3n) is 2.15. The molecule has 0 aliphatic carbocycles. The van der Waals surface area contributed by atoms with Crippen LogP contribution in [-0.2, 0) is 16.0 Å². The van der Waals surface area contributed by atoms with E-state index in [0.717, 1.165) is 12.8 Å². The molecule has 15 heavy (non-hydrogen) atoms. The monoisotopic (exact) mass is 206 g/mol. The molecule has 1 aromatic carbocycles. The van der Waals surface area contributed by atoms with E-state index < -0.39 is 0 Å². The van der Waals surface area contributed by atoms with Gasteiger partial charge in [0.1, 0.15) is 6.10 Å². The first-order valence-electron chi connectivity index (χ1n) is 5.45. The lowest BCUT2D eigenvalue weighted by molar-refractivity contribution is -0.148. The van der Waals surface area contributed by atoms with E-state index in [1.807, 2.05) is 44.2 Å². The second kappa shape index (κ2) is 6.23. The summed E-state index contributed by atoms with van der Waals surface area (Å²) in [5.74, 6) is -0.0964. The van der Waals surface area contributed by atoms with Gasteiger partial charge < -0.3 is 4.74 Å². The van der Waals surface area contributed by atoms with Gasteiger partial charge in [-0.2, -0.15) is 0 Å². The Hall–Kier alpha value is -1.31. The molecule has 1 unspecified atom stereocenters. The molecule has 1 aromatic rings. The summed E-state index contributed by atoms with van der Waals surface area (Å²) in [6.07, 6.45) is 2.11. The van der Waals surface area contributed by atoms with Crippen molar-refractivity contribution < 1.29 is 9.53 Å². The second-order valence-corrected chi connectivity index (χ2v) is 3.74. The smallest absolute Gasteiger partial charge is 0.306 e. The minimum Gasteiger partial charge on any atom is -0.462 e. The summed E-state index contributed by atoms with van der Waals surface area (Å²) in [6.45, 7) is 3.91. The quantitative estimate of drug-likeness (QED) is 0.692. The molecule has 82 valence electrons.